The first-order valence-corrected chi connectivity index (χ1v) is 6.80. The quantitative estimate of drug-likeness (QED) is 0.758. The molecule has 0 radical (unpaired) electrons. The summed E-state index contributed by atoms with van der Waals surface area (Å²) in [6.07, 6.45) is 0. The predicted octanol–water partition coefficient (Wildman–Crippen LogP) is 1.09. The van der Waals surface area contributed by atoms with Crippen LogP contribution < -0.4 is 10.9 Å². The molecule has 0 aromatic carbocycles. The second kappa shape index (κ2) is 5.60. The van der Waals surface area contributed by atoms with E-state index in [1.54, 1.807) is 0 Å². The molecular formula is C12H17N3O2S. The van der Waals surface area contributed by atoms with Crippen LogP contribution in [-0.2, 0) is 6.54 Å². The van der Waals surface area contributed by atoms with E-state index in [-0.39, 0.29) is 24.1 Å². The highest BCUT2D eigenvalue weighted by Gasteiger charge is 2.11. The SMILES string of the molecule is CC(CO)C(C)NCc1nc2ccsc2c(=O)[nH]1. The third kappa shape index (κ3) is 2.77. The van der Waals surface area contributed by atoms with Gasteiger partial charge in [0.25, 0.3) is 5.56 Å². The Morgan fingerprint density at radius 1 is 1.56 bits per heavy atom. The number of aromatic amines is 1. The molecule has 2 unspecified atom stereocenters. The lowest BCUT2D eigenvalue weighted by Gasteiger charge is -2.18. The Kier molecular flexibility index (Phi) is 4.11. The van der Waals surface area contributed by atoms with Gasteiger partial charge < -0.3 is 15.4 Å². The number of hydrogen-bond acceptors (Lipinski definition) is 5. The molecule has 2 aromatic heterocycles. The maximum atomic E-state index is 11.7. The van der Waals surface area contributed by atoms with E-state index in [2.05, 4.69) is 15.3 Å². The van der Waals surface area contributed by atoms with Gasteiger partial charge in [-0.2, -0.15) is 0 Å². The normalized spacial score (nSPS) is 14.8. The fraction of sp³-hybridized carbons (Fsp3) is 0.500. The highest BCUT2D eigenvalue weighted by molar-refractivity contribution is 7.17. The third-order valence-electron chi connectivity index (χ3n) is 3.10. The lowest BCUT2D eigenvalue weighted by Crippen LogP contribution is -2.34. The van der Waals surface area contributed by atoms with Crippen LogP contribution in [0.3, 0.4) is 0 Å². The molecule has 18 heavy (non-hydrogen) atoms. The smallest absolute Gasteiger partial charge is 0.268 e. The number of aliphatic hydroxyl groups excluding tert-OH is 1. The van der Waals surface area contributed by atoms with Gasteiger partial charge in [0.15, 0.2) is 0 Å². The van der Waals surface area contributed by atoms with Crippen molar-refractivity contribution in [2.45, 2.75) is 26.4 Å². The molecule has 3 N–H and O–H groups in total. The van der Waals surface area contributed by atoms with Crippen LogP contribution in [0.5, 0.6) is 0 Å². The number of nitrogens with zero attached hydrogens (tertiary/aromatic N) is 1. The topological polar surface area (TPSA) is 78.0 Å². The molecule has 0 aliphatic heterocycles. The summed E-state index contributed by atoms with van der Waals surface area (Å²) in [6.45, 7) is 4.60. The van der Waals surface area contributed by atoms with E-state index in [1.165, 1.54) is 11.3 Å². The van der Waals surface area contributed by atoms with Crippen molar-refractivity contribution in [1.82, 2.24) is 15.3 Å². The van der Waals surface area contributed by atoms with Crippen LogP contribution >= 0.6 is 11.3 Å². The molecule has 0 aliphatic rings. The molecule has 0 fully saturated rings. The molecule has 2 atom stereocenters. The standard InChI is InChI=1S/C12H17N3O2S/c1-7(6-16)8(2)13-5-10-14-9-3-4-18-11(9)12(17)15-10/h3-4,7-8,13,16H,5-6H2,1-2H3,(H,14,15,17). The Labute approximate surface area is 109 Å². The summed E-state index contributed by atoms with van der Waals surface area (Å²) in [6, 6.07) is 2.01. The summed E-state index contributed by atoms with van der Waals surface area (Å²) in [7, 11) is 0. The molecule has 0 aliphatic carbocycles. The second-order valence-corrected chi connectivity index (χ2v) is 5.39. The number of hydrogen-bond donors (Lipinski definition) is 3. The number of fused-ring (bicyclic) bond motifs is 1. The summed E-state index contributed by atoms with van der Waals surface area (Å²) in [5.74, 6) is 0.796. The third-order valence-corrected chi connectivity index (χ3v) is 4.00. The number of aromatic nitrogens is 2. The largest absolute Gasteiger partial charge is 0.396 e. The fourth-order valence-corrected chi connectivity index (χ4v) is 2.35. The zero-order valence-electron chi connectivity index (χ0n) is 10.4. The van der Waals surface area contributed by atoms with Gasteiger partial charge in [0.05, 0.1) is 12.1 Å². The molecule has 0 amide bonds. The van der Waals surface area contributed by atoms with Crippen LogP contribution in [0.2, 0.25) is 0 Å². The molecule has 2 heterocycles. The van der Waals surface area contributed by atoms with Gasteiger partial charge in [-0.05, 0) is 24.3 Å². The van der Waals surface area contributed by atoms with Gasteiger partial charge in [0, 0.05) is 12.6 Å². The van der Waals surface area contributed by atoms with Crippen molar-refractivity contribution in [2.24, 2.45) is 5.92 Å². The molecule has 5 nitrogen and oxygen atoms in total. The lowest BCUT2D eigenvalue weighted by atomic mass is 10.1. The molecule has 2 aromatic rings. The summed E-state index contributed by atoms with van der Waals surface area (Å²) >= 11 is 1.40. The van der Waals surface area contributed by atoms with Gasteiger partial charge in [-0.15, -0.1) is 11.3 Å². The van der Waals surface area contributed by atoms with E-state index in [0.29, 0.717) is 17.1 Å². The van der Waals surface area contributed by atoms with E-state index in [4.69, 9.17) is 5.11 Å². The van der Waals surface area contributed by atoms with Crippen LogP contribution in [0.25, 0.3) is 10.2 Å². The van der Waals surface area contributed by atoms with Gasteiger partial charge >= 0.3 is 0 Å². The van der Waals surface area contributed by atoms with E-state index in [0.717, 1.165) is 5.52 Å². The van der Waals surface area contributed by atoms with E-state index < -0.39 is 0 Å². The molecule has 2 rings (SSSR count). The Hall–Kier alpha value is -1.24. The minimum absolute atomic E-state index is 0.0883. The van der Waals surface area contributed by atoms with Gasteiger partial charge in [-0.3, -0.25) is 4.79 Å². The minimum atomic E-state index is -0.0883. The van der Waals surface area contributed by atoms with Crippen molar-refractivity contribution < 1.29 is 5.11 Å². The van der Waals surface area contributed by atoms with Crippen LogP contribution in [0.15, 0.2) is 16.2 Å². The number of aliphatic hydroxyl groups is 1. The van der Waals surface area contributed by atoms with Crippen LogP contribution in [0.4, 0.5) is 0 Å². The Bertz CT molecular complexity index is 578. The maximum Gasteiger partial charge on any atom is 0.268 e. The van der Waals surface area contributed by atoms with Crippen molar-refractivity contribution in [3.05, 3.63) is 27.6 Å². The second-order valence-electron chi connectivity index (χ2n) is 4.48. The molecule has 0 spiro atoms. The predicted molar refractivity (Wildman–Crippen MR) is 72.8 cm³/mol. The summed E-state index contributed by atoms with van der Waals surface area (Å²) in [4.78, 5) is 18.9. The van der Waals surface area contributed by atoms with E-state index in [9.17, 15) is 4.79 Å². The lowest BCUT2D eigenvalue weighted by molar-refractivity contribution is 0.206. The van der Waals surface area contributed by atoms with Gasteiger partial charge in [-0.1, -0.05) is 6.92 Å². The van der Waals surface area contributed by atoms with Gasteiger partial charge in [-0.25, -0.2) is 4.98 Å². The average molecular weight is 267 g/mol. The fourth-order valence-electron chi connectivity index (χ4n) is 1.62. The summed E-state index contributed by atoms with van der Waals surface area (Å²) < 4.78 is 0.663. The Morgan fingerprint density at radius 3 is 3.06 bits per heavy atom. The zero-order valence-corrected chi connectivity index (χ0v) is 11.3. The molecule has 0 saturated heterocycles. The zero-order chi connectivity index (χ0) is 13.1. The number of H-pyrrole nitrogens is 1. The monoisotopic (exact) mass is 267 g/mol. The molecule has 0 saturated carbocycles. The van der Waals surface area contributed by atoms with Crippen molar-refractivity contribution in [2.75, 3.05) is 6.61 Å². The van der Waals surface area contributed by atoms with Crippen molar-refractivity contribution >= 4 is 21.6 Å². The number of nitrogens with one attached hydrogen (secondary N) is 2. The van der Waals surface area contributed by atoms with Crippen LogP contribution in [-0.4, -0.2) is 27.7 Å². The molecular weight excluding hydrogens is 250 g/mol. The summed E-state index contributed by atoms with van der Waals surface area (Å²) in [5, 5.41) is 14.2. The maximum absolute atomic E-state index is 11.7. The van der Waals surface area contributed by atoms with Gasteiger partial charge in [0.2, 0.25) is 0 Å². The van der Waals surface area contributed by atoms with Crippen molar-refractivity contribution in [3.8, 4) is 0 Å². The first kappa shape index (κ1) is 13.2. The minimum Gasteiger partial charge on any atom is -0.396 e. The van der Waals surface area contributed by atoms with Crippen LogP contribution in [0, 0.1) is 5.92 Å². The Balaban J connectivity index is 2.10. The van der Waals surface area contributed by atoms with Crippen LogP contribution in [0.1, 0.15) is 19.7 Å². The number of rotatable bonds is 5. The van der Waals surface area contributed by atoms with Crippen molar-refractivity contribution in [1.29, 1.82) is 0 Å². The highest BCUT2D eigenvalue weighted by atomic mass is 32.1. The Morgan fingerprint density at radius 2 is 2.33 bits per heavy atom. The highest BCUT2D eigenvalue weighted by Crippen LogP contribution is 2.13. The van der Waals surface area contributed by atoms with Crippen molar-refractivity contribution in [3.63, 3.8) is 0 Å². The van der Waals surface area contributed by atoms with E-state index >= 15 is 0 Å². The average Bonchev–Trinajstić information content (AvgIpc) is 2.83. The molecule has 6 heteroatoms. The first-order chi connectivity index (χ1) is 8.61. The van der Waals surface area contributed by atoms with E-state index in [1.807, 2.05) is 25.3 Å². The molecule has 0 bridgehead atoms. The van der Waals surface area contributed by atoms with Gasteiger partial charge in [0.1, 0.15) is 10.5 Å². The first-order valence-electron chi connectivity index (χ1n) is 5.92. The summed E-state index contributed by atoms with van der Waals surface area (Å²) in [5.41, 5.74) is 0.651. The number of thiophene rings is 1. The molecule has 98 valence electrons.